The van der Waals surface area contributed by atoms with E-state index in [2.05, 4.69) is 4.57 Å². The number of hydrogen-bond acceptors (Lipinski definition) is 4. The number of aromatic nitrogens is 1. The molecule has 2 rings (SSSR count). The highest BCUT2D eigenvalue weighted by Crippen LogP contribution is 2.18. The number of aryl methyl sites for hydroxylation is 2. The first kappa shape index (κ1) is 19.5. The van der Waals surface area contributed by atoms with Crippen molar-refractivity contribution < 1.29 is 19.1 Å². The lowest BCUT2D eigenvalue weighted by molar-refractivity contribution is -0.136. The summed E-state index contributed by atoms with van der Waals surface area (Å²) in [6.07, 6.45) is 3.73. The summed E-state index contributed by atoms with van der Waals surface area (Å²) >= 11 is 0. The van der Waals surface area contributed by atoms with E-state index < -0.39 is 5.97 Å². The minimum Gasteiger partial charge on any atom is -0.497 e. The zero-order valence-corrected chi connectivity index (χ0v) is 15.7. The van der Waals surface area contributed by atoms with E-state index in [4.69, 9.17) is 9.47 Å². The fraction of sp³-hybridized carbons (Fsp3) is 0.333. The zero-order valence-electron chi connectivity index (χ0n) is 15.7. The molecule has 0 saturated carbocycles. The molecule has 0 aliphatic heterocycles. The third-order valence-electron chi connectivity index (χ3n) is 4.31. The van der Waals surface area contributed by atoms with Crippen LogP contribution >= 0.6 is 0 Å². The summed E-state index contributed by atoms with van der Waals surface area (Å²) in [5, 5.41) is 0. The maximum absolute atomic E-state index is 12.4. The van der Waals surface area contributed by atoms with Crippen LogP contribution in [0.3, 0.4) is 0 Å². The average Bonchev–Trinajstić information content (AvgIpc) is 2.92. The molecule has 0 fully saturated rings. The van der Waals surface area contributed by atoms with Crippen molar-refractivity contribution in [2.24, 2.45) is 0 Å². The topological polar surface area (TPSA) is 57.5 Å². The van der Waals surface area contributed by atoms with Gasteiger partial charge in [-0.25, -0.2) is 4.79 Å². The van der Waals surface area contributed by atoms with E-state index in [1.54, 1.807) is 20.1 Å². The predicted molar refractivity (Wildman–Crippen MR) is 101 cm³/mol. The van der Waals surface area contributed by atoms with E-state index >= 15 is 0 Å². The van der Waals surface area contributed by atoms with Crippen LogP contribution in [0.4, 0.5) is 0 Å². The van der Waals surface area contributed by atoms with E-state index in [9.17, 15) is 9.59 Å². The standard InChI is InChI=1S/C21H25NO4/c1-5-6-21(24)26-14-20(23)19-13-15(2)22(16(19)3)12-11-17-7-9-18(25-4)10-8-17/h5-10,13H,11-12,14H2,1-4H3/b6-5+. The Hall–Kier alpha value is -2.82. The summed E-state index contributed by atoms with van der Waals surface area (Å²) in [5.74, 6) is 0.142. The number of carbonyl (C=O) groups is 2. The number of hydrogen-bond donors (Lipinski definition) is 0. The van der Waals surface area contributed by atoms with Gasteiger partial charge in [-0.05, 0) is 51.0 Å². The largest absolute Gasteiger partial charge is 0.497 e. The van der Waals surface area contributed by atoms with Crippen LogP contribution in [0.1, 0.15) is 34.2 Å². The first-order chi connectivity index (χ1) is 12.5. The number of ether oxygens (including phenoxy) is 2. The number of Topliss-reactive ketones (excluding diaryl/α,β-unsaturated/α-hetero) is 1. The number of esters is 1. The fourth-order valence-corrected chi connectivity index (χ4v) is 2.86. The molecule has 0 N–H and O–H groups in total. The van der Waals surface area contributed by atoms with Crippen LogP contribution in [0.2, 0.25) is 0 Å². The minimum absolute atomic E-state index is 0.188. The smallest absolute Gasteiger partial charge is 0.330 e. The zero-order chi connectivity index (χ0) is 19.1. The van der Waals surface area contributed by atoms with Crippen LogP contribution in [0.5, 0.6) is 5.75 Å². The van der Waals surface area contributed by atoms with Gasteiger partial charge in [-0.1, -0.05) is 18.2 Å². The Balaban J connectivity index is 2.04. The molecule has 1 aromatic carbocycles. The summed E-state index contributed by atoms with van der Waals surface area (Å²) in [6.45, 7) is 6.15. The predicted octanol–water partition coefficient (Wildman–Crippen LogP) is 3.66. The molecule has 2 aromatic rings. The van der Waals surface area contributed by atoms with Gasteiger partial charge in [0.2, 0.25) is 5.78 Å². The number of methoxy groups -OCH3 is 1. The summed E-state index contributed by atoms with van der Waals surface area (Å²) in [5.41, 5.74) is 3.71. The molecule has 0 aliphatic rings. The van der Waals surface area contributed by atoms with Gasteiger partial charge < -0.3 is 14.0 Å². The van der Waals surface area contributed by atoms with Crippen molar-refractivity contribution in [1.29, 1.82) is 0 Å². The van der Waals surface area contributed by atoms with Crippen LogP contribution < -0.4 is 4.74 Å². The first-order valence-corrected chi connectivity index (χ1v) is 8.58. The van der Waals surface area contributed by atoms with Gasteiger partial charge >= 0.3 is 5.97 Å². The lowest BCUT2D eigenvalue weighted by atomic mass is 10.1. The van der Waals surface area contributed by atoms with Crippen molar-refractivity contribution in [3.63, 3.8) is 0 Å². The molecule has 0 unspecified atom stereocenters. The van der Waals surface area contributed by atoms with Crippen LogP contribution in [0.25, 0.3) is 0 Å². The van der Waals surface area contributed by atoms with E-state index in [-0.39, 0.29) is 12.4 Å². The number of ketones is 1. The molecule has 0 saturated heterocycles. The quantitative estimate of drug-likeness (QED) is 0.412. The van der Waals surface area contributed by atoms with Gasteiger partial charge in [0.05, 0.1) is 7.11 Å². The second-order valence-electron chi connectivity index (χ2n) is 6.07. The van der Waals surface area contributed by atoms with Gasteiger partial charge in [-0.15, -0.1) is 0 Å². The van der Waals surface area contributed by atoms with Crippen LogP contribution in [-0.2, 0) is 22.5 Å². The van der Waals surface area contributed by atoms with Crippen molar-refractivity contribution in [2.75, 3.05) is 13.7 Å². The molecule has 5 heteroatoms. The molecule has 0 atom stereocenters. The van der Waals surface area contributed by atoms with Gasteiger partial charge in [-0.3, -0.25) is 4.79 Å². The Morgan fingerprint density at radius 2 is 1.85 bits per heavy atom. The Morgan fingerprint density at radius 1 is 1.15 bits per heavy atom. The molecule has 0 spiro atoms. The summed E-state index contributed by atoms with van der Waals surface area (Å²) in [7, 11) is 1.65. The molecule has 0 radical (unpaired) electrons. The molecular weight excluding hydrogens is 330 g/mol. The number of allylic oxidation sites excluding steroid dienone is 1. The molecule has 26 heavy (non-hydrogen) atoms. The van der Waals surface area contributed by atoms with Crippen LogP contribution in [0.15, 0.2) is 42.5 Å². The monoisotopic (exact) mass is 355 g/mol. The first-order valence-electron chi connectivity index (χ1n) is 8.58. The Labute approximate surface area is 154 Å². The van der Waals surface area contributed by atoms with Crippen LogP contribution in [0, 0.1) is 13.8 Å². The number of rotatable bonds is 8. The summed E-state index contributed by atoms with van der Waals surface area (Å²) < 4.78 is 12.2. The van der Waals surface area contributed by atoms with Gasteiger partial charge in [0, 0.05) is 29.6 Å². The Kier molecular flexibility index (Phi) is 6.78. The second kappa shape index (κ2) is 9.04. The number of benzene rings is 1. The molecular formula is C21H25NO4. The number of nitrogens with zero attached hydrogens (tertiary/aromatic N) is 1. The third kappa shape index (κ3) is 4.85. The third-order valence-corrected chi connectivity index (χ3v) is 4.31. The highest BCUT2D eigenvalue weighted by atomic mass is 16.5. The molecule has 0 amide bonds. The Bertz CT molecular complexity index is 800. The Morgan fingerprint density at radius 3 is 2.46 bits per heavy atom. The van der Waals surface area contributed by atoms with Gasteiger partial charge in [-0.2, -0.15) is 0 Å². The van der Waals surface area contributed by atoms with Gasteiger partial charge in [0.25, 0.3) is 0 Å². The average molecular weight is 355 g/mol. The maximum atomic E-state index is 12.4. The second-order valence-corrected chi connectivity index (χ2v) is 6.07. The minimum atomic E-state index is -0.505. The molecule has 0 aliphatic carbocycles. The van der Waals surface area contributed by atoms with Crippen LogP contribution in [-0.4, -0.2) is 30.0 Å². The van der Waals surface area contributed by atoms with E-state index in [1.165, 1.54) is 11.6 Å². The van der Waals surface area contributed by atoms with Gasteiger partial charge in [0.1, 0.15) is 5.75 Å². The molecule has 5 nitrogen and oxygen atoms in total. The van der Waals surface area contributed by atoms with Crippen molar-refractivity contribution in [2.45, 2.75) is 33.7 Å². The maximum Gasteiger partial charge on any atom is 0.330 e. The van der Waals surface area contributed by atoms with Crippen molar-refractivity contribution in [3.8, 4) is 5.75 Å². The SMILES string of the molecule is C/C=C/C(=O)OCC(=O)c1cc(C)n(CCc2ccc(OC)cc2)c1C. The molecule has 1 heterocycles. The fourth-order valence-electron chi connectivity index (χ4n) is 2.86. The van der Waals surface area contributed by atoms with Crippen molar-refractivity contribution in [3.05, 3.63) is 65.0 Å². The summed E-state index contributed by atoms with van der Waals surface area (Å²) in [6, 6.07) is 9.83. The van der Waals surface area contributed by atoms with E-state index in [1.807, 2.05) is 44.2 Å². The lowest BCUT2D eigenvalue weighted by Crippen LogP contribution is -2.14. The molecule has 138 valence electrons. The van der Waals surface area contributed by atoms with Crippen molar-refractivity contribution in [1.82, 2.24) is 4.57 Å². The van der Waals surface area contributed by atoms with Crippen molar-refractivity contribution >= 4 is 11.8 Å². The normalized spacial score (nSPS) is 10.9. The van der Waals surface area contributed by atoms with E-state index in [0.717, 1.165) is 30.1 Å². The summed E-state index contributed by atoms with van der Waals surface area (Å²) in [4.78, 5) is 23.7. The highest BCUT2D eigenvalue weighted by Gasteiger charge is 2.16. The van der Waals surface area contributed by atoms with Gasteiger partial charge in [0.15, 0.2) is 6.61 Å². The van der Waals surface area contributed by atoms with E-state index in [0.29, 0.717) is 5.56 Å². The molecule has 1 aromatic heterocycles. The molecule has 0 bridgehead atoms. The lowest BCUT2D eigenvalue weighted by Gasteiger charge is -2.10. The number of carbonyl (C=O) groups excluding carboxylic acids is 2. The highest BCUT2D eigenvalue weighted by molar-refractivity contribution is 5.99.